The van der Waals surface area contributed by atoms with E-state index in [1.165, 1.54) is 5.56 Å². The van der Waals surface area contributed by atoms with Crippen LogP contribution >= 0.6 is 11.3 Å². The summed E-state index contributed by atoms with van der Waals surface area (Å²) in [6.07, 6.45) is 2.58. The number of carbonyl (C=O) groups excluding carboxylic acids is 1. The smallest absolute Gasteiger partial charge is 0.319 e. The van der Waals surface area contributed by atoms with Gasteiger partial charge in [-0.15, -0.1) is 11.3 Å². The molecule has 126 valence electrons. The van der Waals surface area contributed by atoms with Gasteiger partial charge in [-0.1, -0.05) is 18.2 Å². The zero-order chi connectivity index (χ0) is 17.1. The molecule has 2 aromatic carbocycles. The molecule has 0 bridgehead atoms. The Hall–Kier alpha value is -2.86. The molecule has 6 heteroatoms. The van der Waals surface area contributed by atoms with Crippen LogP contribution < -0.4 is 15.4 Å². The first kappa shape index (κ1) is 15.7. The number of hydrogen-bond acceptors (Lipinski definition) is 4. The van der Waals surface area contributed by atoms with E-state index in [0.29, 0.717) is 6.54 Å². The summed E-state index contributed by atoms with van der Waals surface area (Å²) >= 11 is 1.59. The molecule has 0 fully saturated rings. The molecule has 0 radical (unpaired) electrons. The molecular weight excluding hydrogens is 334 g/mol. The molecule has 4 rings (SSSR count). The summed E-state index contributed by atoms with van der Waals surface area (Å²) in [5, 5.41) is 8.61. The Kier molecular flexibility index (Phi) is 4.35. The zero-order valence-corrected chi connectivity index (χ0v) is 14.3. The second-order valence-electron chi connectivity index (χ2n) is 5.80. The number of para-hydroxylation sites is 1. The summed E-state index contributed by atoms with van der Waals surface area (Å²) in [5.74, 6) is 0.910. The van der Waals surface area contributed by atoms with Crippen molar-refractivity contribution in [2.45, 2.75) is 12.5 Å². The Morgan fingerprint density at radius 2 is 2.04 bits per heavy atom. The molecule has 1 aromatic heterocycles. The standard InChI is InChI=1S/C19H17N3O2S/c23-19(21-12-16-11-14-3-1-2-4-17(14)24-16)22-15-7-5-13(6-8-15)18-20-9-10-25-18/h1-10,16H,11-12H2,(H2,21,22,23)/t16-/m1/s1. The third-order valence-corrected chi connectivity index (χ3v) is 4.85. The lowest BCUT2D eigenvalue weighted by atomic mass is 10.1. The van der Waals surface area contributed by atoms with E-state index >= 15 is 0 Å². The van der Waals surface area contributed by atoms with E-state index in [0.717, 1.165) is 28.4 Å². The minimum atomic E-state index is -0.235. The lowest BCUT2D eigenvalue weighted by molar-refractivity contribution is 0.219. The summed E-state index contributed by atoms with van der Waals surface area (Å²) in [6, 6.07) is 15.4. The SMILES string of the molecule is O=C(NC[C@H]1Cc2ccccc2O1)Nc1ccc(-c2nccs2)cc1. The van der Waals surface area contributed by atoms with Crippen LogP contribution in [0.3, 0.4) is 0 Å². The van der Waals surface area contributed by atoms with Crippen LogP contribution in [0.1, 0.15) is 5.56 Å². The monoisotopic (exact) mass is 351 g/mol. The van der Waals surface area contributed by atoms with Crippen molar-refractivity contribution in [2.75, 3.05) is 11.9 Å². The molecule has 0 unspecified atom stereocenters. The van der Waals surface area contributed by atoms with Gasteiger partial charge in [0.05, 0.1) is 6.54 Å². The van der Waals surface area contributed by atoms with Crippen LogP contribution in [-0.2, 0) is 6.42 Å². The number of benzene rings is 2. The van der Waals surface area contributed by atoms with Crippen molar-refractivity contribution in [2.24, 2.45) is 0 Å². The summed E-state index contributed by atoms with van der Waals surface area (Å²) in [5.41, 5.74) is 2.97. The van der Waals surface area contributed by atoms with Crippen LogP contribution in [0, 0.1) is 0 Å². The first-order valence-corrected chi connectivity index (χ1v) is 8.95. The number of carbonyl (C=O) groups is 1. The largest absolute Gasteiger partial charge is 0.488 e. The van der Waals surface area contributed by atoms with E-state index in [9.17, 15) is 4.79 Å². The van der Waals surface area contributed by atoms with Crippen molar-refractivity contribution in [3.63, 3.8) is 0 Å². The predicted octanol–water partition coefficient (Wildman–Crippen LogP) is 3.94. The Labute approximate surface area is 149 Å². The van der Waals surface area contributed by atoms with Gasteiger partial charge in [-0.3, -0.25) is 0 Å². The summed E-state index contributed by atoms with van der Waals surface area (Å²) < 4.78 is 5.82. The lowest BCUT2D eigenvalue weighted by Crippen LogP contribution is -2.37. The number of amides is 2. The molecule has 1 aliphatic heterocycles. The quantitative estimate of drug-likeness (QED) is 0.748. The Bertz CT molecular complexity index is 838. The zero-order valence-electron chi connectivity index (χ0n) is 13.4. The molecule has 1 atom stereocenters. The van der Waals surface area contributed by atoms with Crippen LogP contribution in [-0.4, -0.2) is 23.7 Å². The van der Waals surface area contributed by atoms with Crippen molar-refractivity contribution in [1.82, 2.24) is 10.3 Å². The van der Waals surface area contributed by atoms with Crippen LogP contribution in [0.4, 0.5) is 10.5 Å². The number of urea groups is 1. The maximum atomic E-state index is 12.1. The van der Waals surface area contributed by atoms with Gasteiger partial charge in [-0.25, -0.2) is 9.78 Å². The fraction of sp³-hybridized carbons (Fsp3) is 0.158. The number of fused-ring (bicyclic) bond motifs is 1. The third kappa shape index (κ3) is 3.64. The van der Waals surface area contributed by atoms with E-state index in [1.54, 1.807) is 17.5 Å². The fourth-order valence-electron chi connectivity index (χ4n) is 2.81. The highest BCUT2D eigenvalue weighted by Crippen LogP contribution is 2.27. The van der Waals surface area contributed by atoms with Gasteiger partial charge in [0.2, 0.25) is 0 Å². The van der Waals surface area contributed by atoms with Crippen molar-refractivity contribution in [3.8, 4) is 16.3 Å². The normalized spacial score (nSPS) is 15.3. The van der Waals surface area contributed by atoms with Gasteiger partial charge in [0.25, 0.3) is 0 Å². The molecular formula is C19H17N3O2S. The topological polar surface area (TPSA) is 63.2 Å². The molecule has 2 amide bonds. The second-order valence-corrected chi connectivity index (χ2v) is 6.70. The molecule has 2 N–H and O–H groups in total. The summed E-state index contributed by atoms with van der Waals surface area (Å²) in [6.45, 7) is 0.470. The molecule has 5 nitrogen and oxygen atoms in total. The van der Waals surface area contributed by atoms with E-state index in [-0.39, 0.29) is 12.1 Å². The minimum Gasteiger partial charge on any atom is -0.488 e. The molecule has 0 saturated heterocycles. The van der Waals surface area contributed by atoms with Crippen LogP contribution in [0.15, 0.2) is 60.1 Å². The average Bonchev–Trinajstić information content (AvgIpc) is 3.30. The van der Waals surface area contributed by atoms with E-state index in [1.807, 2.05) is 47.8 Å². The van der Waals surface area contributed by atoms with Gasteiger partial charge in [0.1, 0.15) is 16.9 Å². The molecule has 1 aliphatic rings. The van der Waals surface area contributed by atoms with Gasteiger partial charge >= 0.3 is 6.03 Å². The van der Waals surface area contributed by atoms with E-state index < -0.39 is 0 Å². The molecule has 2 heterocycles. The van der Waals surface area contributed by atoms with E-state index in [4.69, 9.17) is 4.74 Å². The number of ether oxygens (including phenoxy) is 1. The molecule has 0 spiro atoms. The molecule has 25 heavy (non-hydrogen) atoms. The first-order valence-electron chi connectivity index (χ1n) is 8.07. The van der Waals surface area contributed by atoms with Gasteiger partial charge in [-0.05, 0) is 35.9 Å². The van der Waals surface area contributed by atoms with Crippen LogP contribution in [0.2, 0.25) is 0 Å². The highest BCUT2D eigenvalue weighted by molar-refractivity contribution is 7.13. The number of anilines is 1. The highest BCUT2D eigenvalue weighted by atomic mass is 32.1. The van der Waals surface area contributed by atoms with Crippen molar-refractivity contribution >= 4 is 23.1 Å². The maximum Gasteiger partial charge on any atom is 0.319 e. The number of rotatable bonds is 4. The van der Waals surface area contributed by atoms with E-state index in [2.05, 4.69) is 21.7 Å². The van der Waals surface area contributed by atoms with Crippen molar-refractivity contribution in [3.05, 3.63) is 65.7 Å². The number of nitrogens with one attached hydrogen (secondary N) is 2. The van der Waals surface area contributed by atoms with Crippen LogP contribution in [0.25, 0.3) is 10.6 Å². The minimum absolute atomic E-state index is 0.0181. The van der Waals surface area contributed by atoms with Gasteiger partial charge in [0.15, 0.2) is 0 Å². The summed E-state index contributed by atoms with van der Waals surface area (Å²) in [7, 11) is 0. The lowest BCUT2D eigenvalue weighted by Gasteiger charge is -2.13. The Morgan fingerprint density at radius 3 is 2.80 bits per heavy atom. The average molecular weight is 351 g/mol. The Balaban J connectivity index is 1.28. The summed E-state index contributed by atoms with van der Waals surface area (Å²) in [4.78, 5) is 16.3. The fourth-order valence-corrected chi connectivity index (χ4v) is 3.46. The maximum absolute atomic E-state index is 12.1. The highest BCUT2D eigenvalue weighted by Gasteiger charge is 2.22. The van der Waals surface area contributed by atoms with Crippen molar-refractivity contribution in [1.29, 1.82) is 0 Å². The molecule has 0 aliphatic carbocycles. The Morgan fingerprint density at radius 1 is 1.20 bits per heavy atom. The number of aromatic nitrogens is 1. The number of thiazole rings is 1. The number of nitrogens with zero attached hydrogens (tertiary/aromatic N) is 1. The third-order valence-electron chi connectivity index (χ3n) is 4.03. The van der Waals surface area contributed by atoms with Crippen LogP contribution in [0.5, 0.6) is 5.75 Å². The molecule has 3 aromatic rings. The van der Waals surface area contributed by atoms with Gasteiger partial charge in [-0.2, -0.15) is 0 Å². The molecule has 0 saturated carbocycles. The predicted molar refractivity (Wildman–Crippen MR) is 99.1 cm³/mol. The van der Waals surface area contributed by atoms with Gasteiger partial charge in [0, 0.05) is 29.2 Å². The second kappa shape index (κ2) is 6.94. The first-order chi connectivity index (χ1) is 12.3. The van der Waals surface area contributed by atoms with Crippen molar-refractivity contribution < 1.29 is 9.53 Å². The number of hydrogen-bond donors (Lipinski definition) is 2. The van der Waals surface area contributed by atoms with Gasteiger partial charge < -0.3 is 15.4 Å².